The maximum absolute atomic E-state index is 5.06. The van der Waals surface area contributed by atoms with E-state index in [1.165, 1.54) is 0 Å². The van der Waals surface area contributed by atoms with Crippen LogP contribution in [0.4, 0.5) is 0 Å². The normalized spacial score (nSPS) is 20.4. The molecule has 1 heterocycles. The monoisotopic (exact) mass is 117 g/mol. The molecule has 0 N–H and O–H groups in total. The van der Waals surface area contributed by atoms with Crippen molar-refractivity contribution in [3.8, 4) is 0 Å². The molecule has 0 aliphatic carbocycles. The van der Waals surface area contributed by atoms with Crippen molar-refractivity contribution >= 4 is 14.2 Å². The number of rotatable bonds is 1. The first kappa shape index (κ1) is 5.04. The zero-order valence-corrected chi connectivity index (χ0v) is 5.27. The van der Waals surface area contributed by atoms with Crippen LogP contribution in [0.2, 0.25) is 0 Å². The van der Waals surface area contributed by atoms with E-state index in [4.69, 9.17) is 4.74 Å². The van der Waals surface area contributed by atoms with Gasteiger partial charge in [0.2, 0.25) is 5.64 Å². The van der Waals surface area contributed by atoms with Gasteiger partial charge in [0, 0.05) is 0 Å². The third-order valence-corrected chi connectivity index (χ3v) is 1.53. The molecule has 0 fully saturated rings. The van der Waals surface area contributed by atoms with Gasteiger partial charge in [-0.2, -0.15) is 0 Å². The summed E-state index contributed by atoms with van der Waals surface area (Å²) in [6, 6.07) is 0. The predicted molar refractivity (Wildman–Crippen MR) is 32.5 cm³/mol. The number of aliphatic imine (C=N–C) groups is 1. The Balaban J connectivity index is 2.36. The van der Waals surface area contributed by atoms with Gasteiger partial charge in [0.05, 0.1) is 6.54 Å². The second-order valence-electron chi connectivity index (χ2n) is 1.29. The Bertz CT molecular complexity index is 91.7. The van der Waals surface area contributed by atoms with Gasteiger partial charge in [-0.25, -0.2) is 4.99 Å². The van der Waals surface area contributed by atoms with Gasteiger partial charge in [-0.3, -0.25) is 0 Å². The van der Waals surface area contributed by atoms with Crippen molar-refractivity contribution in [2.45, 2.75) is 0 Å². The Kier molecular flexibility index (Phi) is 1.64. The van der Waals surface area contributed by atoms with Crippen LogP contribution in [0, 0.1) is 0 Å². The lowest BCUT2D eigenvalue weighted by Gasteiger charge is -1.91. The fourth-order valence-electron chi connectivity index (χ4n) is 0.486. The maximum atomic E-state index is 5.06. The van der Waals surface area contributed by atoms with E-state index in [0.29, 0.717) is 0 Å². The largest absolute Gasteiger partial charge is 0.476 e. The van der Waals surface area contributed by atoms with E-state index in [-0.39, 0.29) is 0 Å². The van der Waals surface area contributed by atoms with Crippen LogP contribution in [-0.2, 0) is 4.74 Å². The van der Waals surface area contributed by atoms with Crippen LogP contribution in [0.15, 0.2) is 4.99 Å². The van der Waals surface area contributed by atoms with Crippen molar-refractivity contribution in [1.29, 1.82) is 0 Å². The van der Waals surface area contributed by atoms with Crippen molar-refractivity contribution in [1.82, 2.24) is 0 Å². The molecule has 0 amide bonds. The van der Waals surface area contributed by atoms with Crippen molar-refractivity contribution in [3.05, 3.63) is 0 Å². The van der Waals surface area contributed by atoms with Gasteiger partial charge in [0.25, 0.3) is 0 Å². The third-order valence-electron chi connectivity index (χ3n) is 0.799. The Hall–Kier alpha value is -0.100. The molecule has 0 saturated carbocycles. The summed E-state index contributed by atoms with van der Waals surface area (Å²) in [6.07, 6.45) is 0. The Morgan fingerprint density at radius 2 is 2.71 bits per heavy atom. The molecule has 0 radical (unpaired) electrons. The molecule has 2 nitrogen and oxygen atoms in total. The molecule has 7 heavy (non-hydrogen) atoms. The van der Waals surface area contributed by atoms with Crippen LogP contribution in [0.5, 0.6) is 0 Å². The molecule has 1 atom stereocenters. The highest BCUT2D eigenvalue weighted by atomic mass is 31.1. The van der Waals surface area contributed by atoms with Gasteiger partial charge in [-0.15, -0.1) is 0 Å². The average molecular weight is 117 g/mol. The summed E-state index contributed by atoms with van der Waals surface area (Å²) >= 11 is 0. The topological polar surface area (TPSA) is 21.6 Å². The molecule has 1 unspecified atom stereocenters. The summed E-state index contributed by atoms with van der Waals surface area (Å²) in [5.41, 5.74) is 0.944. The van der Waals surface area contributed by atoms with E-state index in [1.807, 2.05) is 0 Å². The van der Waals surface area contributed by atoms with Crippen LogP contribution >= 0.6 is 8.58 Å². The Morgan fingerprint density at radius 3 is 3.00 bits per heavy atom. The molecule has 0 aromatic rings. The van der Waals surface area contributed by atoms with Crippen molar-refractivity contribution < 1.29 is 4.74 Å². The quantitative estimate of drug-likeness (QED) is 0.463. The van der Waals surface area contributed by atoms with Gasteiger partial charge in [0.15, 0.2) is 0 Å². The molecule has 0 bridgehead atoms. The second kappa shape index (κ2) is 2.27. The summed E-state index contributed by atoms with van der Waals surface area (Å²) in [7, 11) is 0.739. The van der Waals surface area contributed by atoms with E-state index < -0.39 is 0 Å². The number of nitrogens with zero attached hydrogens (tertiary/aromatic N) is 1. The molecule has 0 saturated heterocycles. The number of ether oxygens (including phenoxy) is 1. The van der Waals surface area contributed by atoms with Crippen LogP contribution < -0.4 is 0 Å². The van der Waals surface area contributed by atoms with Crippen LogP contribution in [0.1, 0.15) is 0 Å². The van der Waals surface area contributed by atoms with Gasteiger partial charge in [-0.05, 0) is 15.2 Å². The summed E-state index contributed by atoms with van der Waals surface area (Å²) in [4.78, 5) is 4.06. The molecule has 1 rings (SSSR count). The minimum atomic E-state index is 0.739. The Morgan fingerprint density at radius 1 is 1.86 bits per heavy atom. The van der Waals surface area contributed by atoms with Crippen molar-refractivity contribution in [2.24, 2.45) is 4.99 Å². The first-order valence-electron chi connectivity index (χ1n) is 2.28. The van der Waals surface area contributed by atoms with Crippen LogP contribution in [0.3, 0.4) is 0 Å². The minimum Gasteiger partial charge on any atom is -0.476 e. The predicted octanol–water partition coefficient (Wildman–Crippen LogP) is 0.681. The van der Waals surface area contributed by atoms with Crippen LogP contribution in [0.25, 0.3) is 0 Å². The summed E-state index contributed by atoms with van der Waals surface area (Å²) in [6.45, 7) is 3.75. The fraction of sp³-hybridized carbons (Fsp3) is 0.750. The lowest BCUT2D eigenvalue weighted by atomic mass is 10.8. The highest BCUT2D eigenvalue weighted by Crippen LogP contribution is 2.11. The zero-order chi connectivity index (χ0) is 5.11. The zero-order valence-electron chi connectivity index (χ0n) is 4.27. The van der Waals surface area contributed by atoms with Gasteiger partial charge >= 0.3 is 0 Å². The molecule has 0 aromatic carbocycles. The third kappa shape index (κ3) is 1.13. The van der Waals surface area contributed by atoms with Gasteiger partial charge < -0.3 is 4.74 Å². The summed E-state index contributed by atoms with van der Waals surface area (Å²) in [5, 5.41) is 0. The number of hydrogen-bond acceptors (Lipinski definition) is 2. The maximum Gasteiger partial charge on any atom is 0.202 e. The lowest BCUT2D eigenvalue weighted by molar-refractivity contribution is 0.356. The molecule has 1 aliphatic rings. The molecular formula is C4H8NOP. The minimum absolute atomic E-state index is 0.739. The first-order valence-corrected chi connectivity index (χ1v) is 3.78. The van der Waals surface area contributed by atoms with E-state index in [2.05, 4.69) is 11.7 Å². The molecule has 0 spiro atoms. The van der Waals surface area contributed by atoms with E-state index >= 15 is 0 Å². The van der Waals surface area contributed by atoms with E-state index in [0.717, 1.165) is 27.4 Å². The summed E-state index contributed by atoms with van der Waals surface area (Å²) in [5.74, 6) is 0. The van der Waals surface area contributed by atoms with Crippen molar-refractivity contribution in [3.63, 3.8) is 0 Å². The molecule has 40 valence electrons. The lowest BCUT2D eigenvalue weighted by Crippen LogP contribution is -1.88. The SMILES string of the molecule is CPC1=NCCO1. The van der Waals surface area contributed by atoms with Crippen molar-refractivity contribution in [2.75, 3.05) is 19.8 Å². The van der Waals surface area contributed by atoms with Gasteiger partial charge in [0.1, 0.15) is 6.61 Å². The van der Waals surface area contributed by atoms with Crippen LogP contribution in [-0.4, -0.2) is 25.5 Å². The molecule has 3 heteroatoms. The molecule has 1 aliphatic heterocycles. The second-order valence-corrected chi connectivity index (χ2v) is 2.21. The fourth-order valence-corrected chi connectivity index (χ4v) is 1.00. The summed E-state index contributed by atoms with van der Waals surface area (Å²) < 4.78 is 5.06. The van der Waals surface area contributed by atoms with E-state index in [9.17, 15) is 0 Å². The highest BCUT2D eigenvalue weighted by Gasteiger charge is 2.01. The first-order chi connectivity index (χ1) is 3.43. The standard InChI is InChI=1S/C4H8NOP/c1-7-4-5-2-3-6-4/h7H,2-3H2,1H3. The molecular weight excluding hydrogens is 109 g/mol. The average Bonchev–Trinajstić information content (AvgIpc) is 2.14. The number of hydrogen-bond donors (Lipinski definition) is 0. The van der Waals surface area contributed by atoms with Gasteiger partial charge in [-0.1, -0.05) is 0 Å². The Labute approximate surface area is 44.8 Å². The highest BCUT2D eigenvalue weighted by molar-refractivity contribution is 7.56. The van der Waals surface area contributed by atoms with E-state index in [1.54, 1.807) is 0 Å². The molecule has 0 aromatic heterocycles. The smallest absolute Gasteiger partial charge is 0.202 e.